The molecule has 6 heteroatoms. The molecule has 0 radical (unpaired) electrons. The molecule has 0 saturated carbocycles. The fourth-order valence-electron chi connectivity index (χ4n) is 2.71. The number of thiophene rings is 1. The van der Waals surface area contributed by atoms with Crippen molar-refractivity contribution in [1.29, 1.82) is 0 Å². The highest BCUT2D eigenvalue weighted by Gasteiger charge is 2.39. The lowest BCUT2D eigenvalue weighted by Gasteiger charge is -2.31. The molecule has 3 rings (SSSR count). The van der Waals surface area contributed by atoms with Crippen LogP contribution in [0.2, 0.25) is 0 Å². The van der Waals surface area contributed by atoms with Crippen molar-refractivity contribution >= 4 is 33.6 Å². The van der Waals surface area contributed by atoms with E-state index in [9.17, 15) is 4.79 Å². The van der Waals surface area contributed by atoms with E-state index in [1.54, 1.807) is 27.6 Å². The van der Waals surface area contributed by atoms with Gasteiger partial charge in [-0.1, -0.05) is 11.3 Å². The molecule has 1 atom stereocenters. The monoisotopic (exact) mass is 321 g/mol. The van der Waals surface area contributed by atoms with Gasteiger partial charge in [0, 0.05) is 37.5 Å². The summed E-state index contributed by atoms with van der Waals surface area (Å²) in [4.78, 5) is 21.1. The number of likely N-dealkylation sites (N-methyl/N-ethyl adjacent to an activating group) is 1. The van der Waals surface area contributed by atoms with Crippen molar-refractivity contribution in [1.82, 2.24) is 9.88 Å². The highest BCUT2D eigenvalue weighted by Crippen LogP contribution is 2.42. The highest BCUT2D eigenvalue weighted by atomic mass is 32.1. The summed E-state index contributed by atoms with van der Waals surface area (Å²) in [6, 6.07) is 2.28. The van der Waals surface area contributed by atoms with E-state index in [0.29, 0.717) is 6.42 Å². The Balaban J connectivity index is 1.96. The Morgan fingerprint density at radius 3 is 2.81 bits per heavy atom. The molecule has 0 spiro atoms. The maximum atomic E-state index is 12.4. The predicted octanol–water partition coefficient (Wildman–Crippen LogP) is 3.10. The SMILES string of the molecule is CC(C)N1c2sc(-c3ccsc3)nc2C[C@H]1C(=O)N(C)C. The van der Waals surface area contributed by atoms with E-state index in [-0.39, 0.29) is 18.0 Å². The van der Waals surface area contributed by atoms with Crippen molar-refractivity contribution in [2.45, 2.75) is 32.4 Å². The molecule has 1 aliphatic heterocycles. The summed E-state index contributed by atoms with van der Waals surface area (Å²) >= 11 is 3.38. The molecule has 1 amide bonds. The predicted molar refractivity (Wildman–Crippen MR) is 89.2 cm³/mol. The second-order valence-electron chi connectivity index (χ2n) is 5.74. The van der Waals surface area contributed by atoms with Crippen LogP contribution in [0.1, 0.15) is 19.5 Å². The zero-order chi connectivity index (χ0) is 15.1. The topological polar surface area (TPSA) is 36.4 Å². The van der Waals surface area contributed by atoms with Crippen LogP contribution in [0.4, 0.5) is 5.00 Å². The molecule has 4 nitrogen and oxygen atoms in total. The first-order valence-electron chi connectivity index (χ1n) is 7.00. The Labute approximate surface area is 133 Å². The third-order valence-electron chi connectivity index (χ3n) is 3.68. The Morgan fingerprint density at radius 2 is 2.24 bits per heavy atom. The first-order valence-corrected chi connectivity index (χ1v) is 8.76. The highest BCUT2D eigenvalue weighted by molar-refractivity contribution is 7.19. The number of hydrogen-bond donors (Lipinski definition) is 0. The normalized spacial score (nSPS) is 17.4. The van der Waals surface area contributed by atoms with Crippen molar-refractivity contribution in [3.05, 3.63) is 22.5 Å². The van der Waals surface area contributed by atoms with Crippen molar-refractivity contribution in [3.63, 3.8) is 0 Å². The maximum Gasteiger partial charge on any atom is 0.245 e. The van der Waals surface area contributed by atoms with Gasteiger partial charge in [-0.05, 0) is 25.3 Å². The lowest BCUT2D eigenvalue weighted by atomic mass is 10.1. The van der Waals surface area contributed by atoms with Gasteiger partial charge >= 0.3 is 0 Å². The number of nitrogens with zero attached hydrogens (tertiary/aromatic N) is 3. The van der Waals surface area contributed by atoms with Crippen LogP contribution in [0.3, 0.4) is 0 Å². The molecule has 21 heavy (non-hydrogen) atoms. The largest absolute Gasteiger partial charge is 0.347 e. The van der Waals surface area contributed by atoms with Gasteiger partial charge in [-0.15, -0.1) is 0 Å². The summed E-state index contributed by atoms with van der Waals surface area (Å²) in [6.45, 7) is 4.27. The van der Waals surface area contributed by atoms with Gasteiger partial charge in [0.15, 0.2) is 0 Å². The van der Waals surface area contributed by atoms with Crippen LogP contribution in [0.15, 0.2) is 16.8 Å². The van der Waals surface area contributed by atoms with Crippen LogP contribution in [0, 0.1) is 0 Å². The number of amides is 1. The number of aromatic nitrogens is 1. The summed E-state index contributed by atoms with van der Waals surface area (Å²) in [5.41, 5.74) is 2.24. The molecule has 0 aromatic carbocycles. The first kappa shape index (κ1) is 14.5. The molecule has 0 N–H and O–H groups in total. The fraction of sp³-hybridized carbons (Fsp3) is 0.467. The van der Waals surface area contributed by atoms with Gasteiger partial charge in [-0.25, -0.2) is 4.98 Å². The minimum Gasteiger partial charge on any atom is -0.347 e. The minimum absolute atomic E-state index is 0.106. The lowest BCUT2D eigenvalue weighted by Crippen LogP contribution is -2.47. The molecule has 0 fully saturated rings. The first-order chi connectivity index (χ1) is 9.99. The maximum absolute atomic E-state index is 12.4. The van der Waals surface area contributed by atoms with Gasteiger partial charge in [0.05, 0.1) is 5.69 Å². The standard InChI is InChI=1S/C15H19N3OS2/c1-9(2)18-12(14(19)17(3)4)7-11-15(18)21-13(16-11)10-5-6-20-8-10/h5-6,8-9,12H,7H2,1-4H3/t12-/m0/s1. The van der Waals surface area contributed by atoms with Gasteiger partial charge < -0.3 is 9.80 Å². The summed E-state index contributed by atoms with van der Waals surface area (Å²) in [5, 5.41) is 6.41. The molecule has 2 aromatic rings. The van der Waals surface area contributed by atoms with E-state index in [1.807, 2.05) is 14.1 Å². The van der Waals surface area contributed by atoms with Crippen LogP contribution >= 0.6 is 22.7 Å². The third-order valence-corrected chi connectivity index (χ3v) is 5.53. The number of carbonyl (C=O) groups excluding carboxylic acids is 1. The Morgan fingerprint density at radius 1 is 1.48 bits per heavy atom. The molecular weight excluding hydrogens is 302 g/mol. The fourth-order valence-corrected chi connectivity index (χ4v) is 4.70. The van der Waals surface area contributed by atoms with E-state index >= 15 is 0 Å². The number of fused-ring (bicyclic) bond motifs is 1. The molecule has 0 saturated heterocycles. The van der Waals surface area contributed by atoms with Crippen molar-refractivity contribution < 1.29 is 4.79 Å². The van der Waals surface area contributed by atoms with Crippen LogP contribution in [0.25, 0.3) is 10.6 Å². The molecule has 3 heterocycles. The van der Waals surface area contributed by atoms with E-state index in [4.69, 9.17) is 4.98 Å². The number of carbonyl (C=O) groups is 1. The molecular formula is C15H19N3OS2. The average molecular weight is 321 g/mol. The minimum atomic E-state index is -0.106. The summed E-state index contributed by atoms with van der Waals surface area (Å²) in [7, 11) is 3.63. The lowest BCUT2D eigenvalue weighted by molar-refractivity contribution is -0.130. The van der Waals surface area contributed by atoms with Gasteiger partial charge in [-0.3, -0.25) is 4.79 Å². The molecule has 2 aromatic heterocycles. The zero-order valence-corrected chi connectivity index (χ0v) is 14.3. The summed E-state index contributed by atoms with van der Waals surface area (Å²) < 4.78 is 0. The number of hydrogen-bond acceptors (Lipinski definition) is 5. The van der Waals surface area contributed by atoms with Crippen LogP contribution in [0.5, 0.6) is 0 Å². The average Bonchev–Trinajstić information content (AvgIpc) is 3.10. The number of thiazole rings is 1. The van der Waals surface area contributed by atoms with Gasteiger partial charge in [0.25, 0.3) is 0 Å². The summed E-state index contributed by atoms with van der Waals surface area (Å²) in [5.74, 6) is 0.158. The molecule has 0 aliphatic carbocycles. The molecule has 0 unspecified atom stereocenters. The van der Waals surface area contributed by atoms with Crippen molar-refractivity contribution in [2.24, 2.45) is 0 Å². The second kappa shape index (κ2) is 5.42. The Bertz CT molecular complexity index is 646. The van der Waals surface area contributed by atoms with Gasteiger partial charge in [0.2, 0.25) is 5.91 Å². The zero-order valence-electron chi connectivity index (χ0n) is 12.7. The van der Waals surface area contributed by atoms with E-state index < -0.39 is 0 Å². The van der Waals surface area contributed by atoms with Gasteiger partial charge in [-0.2, -0.15) is 11.3 Å². The van der Waals surface area contributed by atoms with Crippen molar-refractivity contribution in [3.8, 4) is 10.6 Å². The van der Waals surface area contributed by atoms with E-state index in [1.165, 1.54) is 5.56 Å². The quantitative estimate of drug-likeness (QED) is 0.871. The van der Waals surface area contributed by atoms with E-state index in [2.05, 4.69) is 35.6 Å². The Kier molecular flexibility index (Phi) is 3.75. The number of rotatable bonds is 3. The van der Waals surface area contributed by atoms with Gasteiger partial charge in [0.1, 0.15) is 16.1 Å². The van der Waals surface area contributed by atoms with E-state index in [0.717, 1.165) is 15.7 Å². The Hall–Kier alpha value is -1.40. The van der Waals surface area contributed by atoms with Crippen LogP contribution in [-0.4, -0.2) is 42.0 Å². The summed E-state index contributed by atoms with van der Waals surface area (Å²) in [6.07, 6.45) is 0.713. The third kappa shape index (κ3) is 2.46. The molecule has 1 aliphatic rings. The second-order valence-corrected chi connectivity index (χ2v) is 7.49. The molecule has 112 valence electrons. The van der Waals surface area contributed by atoms with Crippen LogP contribution < -0.4 is 4.90 Å². The van der Waals surface area contributed by atoms with Crippen molar-refractivity contribution in [2.75, 3.05) is 19.0 Å². The van der Waals surface area contributed by atoms with Crippen LogP contribution in [-0.2, 0) is 11.2 Å². The number of anilines is 1. The smallest absolute Gasteiger partial charge is 0.245 e. The molecule has 0 bridgehead atoms.